The molecule has 8 heteroatoms. The number of amides is 2. The zero-order valence-corrected chi connectivity index (χ0v) is 56.1. The molecule has 0 aromatic heterocycles. The lowest BCUT2D eigenvalue weighted by atomic mass is 9.72. The minimum Gasteiger partial charge on any atom is -0.478 e. The van der Waals surface area contributed by atoms with Crippen molar-refractivity contribution in [3.63, 3.8) is 0 Å². The quantitative estimate of drug-likeness (QED) is 0.0695. The molecule has 0 spiro atoms. The van der Waals surface area contributed by atoms with Crippen LogP contribution in [0.3, 0.4) is 0 Å². The summed E-state index contributed by atoms with van der Waals surface area (Å²) in [5.74, 6) is 0.0827. The minimum atomic E-state index is -1.02. The number of hydrogen-bond acceptors (Lipinski definition) is 6. The third-order valence-electron chi connectivity index (χ3n) is 20.1. The van der Waals surface area contributed by atoms with Crippen molar-refractivity contribution in [1.82, 2.24) is 0 Å². The molecule has 2 aliphatic rings. The van der Waals surface area contributed by atoms with E-state index in [0.717, 1.165) is 111 Å². The summed E-state index contributed by atoms with van der Waals surface area (Å²) in [6.07, 6.45) is 1.92. The van der Waals surface area contributed by atoms with E-state index in [0.29, 0.717) is 61.7 Å². The largest absolute Gasteiger partial charge is 0.478 e. The molecular weight excluding hydrogens is 1160 g/mol. The van der Waals surface area contributed by atoms with Crippen molar-refractivity contribution >= 4 is 105 Å². The number of carbonyl (C=O) groups is 4. The molecule has 94 heavy (non-hydrogen) atoms. The molecule has 8 nitrogen and oxygen atoms in total. The van der Waals surface area contributed by atoms with Gasteiger partial charge in [0.2, 0.25) is 0 Å². The fourth-order valence-electron chi connectivity index (χ4n) is 16.9. The van der Waals surface area contributed by atoms with Crippen LogP contribution in [0.15, 0.2) is 170 Å². The second-order valence-corrected chi connectivity index (χ2v) is 31.0. The number of aromatic carboxylic acids is 1. The van der Waals surface area contributed by atoms with Gasteiger partial charge in [0.15, 0.2) is 5.78 Å². The van der Waals surface area contributed by atoms with Gasteiger partial charge in [0, 0.05) is 38.1 Å². The number of nitrogens with zero attached hydrogens (tertiary/aromatic N) is 1. The third-order valence-corrected chi connectivity index (χ3v) is 20.1. The molecule has 13 aromatic rings. The number of anilines is 1. The van der Waals surface area contributed by atoms with Crippen LogP contribution >= 0.6 is 0 Å². The molecule has 0 radical (unpaired) electrons. The van der Waals surface area contributed by atoms with Crippen LogP contribution in [0.4, 0.5) is 5.69 Å². The zero-order chi connectivity index (χ0) is 66.1. The van der Waals surface area contributed by atoms with E-state index >= 15 is 9.59 Å². The molecule has 1 aliphatic heterocycles. The fourth-order valence-corrected chi connectivity index (χ4v) is 16.9. The highest BCUT2D eigenvalue weighted by Gasteiger charge is 2.41. The molecule has 0 unspecified atom stereocenters. The molecule has 0 saturated carbocycles. The summed E-state index contributed by atoms with van der Waals surface area (Å²) >= 11 is 0. The lowest BCUT2D eigenvalue weighted by Gasteiger charge is -2.34. The normalized spacial score (nSPS) is 13.8. The van der Waals surface area contributed by atoms with Gasteiger partial charge in [-0.3, -0.25) is 14.4 Å². The van der Waals surface area contributed by atoms with E-state index in [1.54, 1.807) is 12.1 Å². The number of carboxylic acids is 1. The SMILES string of the molecule is CC(C)c1cccc(C(C)C)c1N1C(=O)c2cc(Oc3ccc(C(C)(C)CC(C)(C)C)cc3)c3c4ccc5c6ccc7c8c(cc(-c9ccc(C(=O)O)cc9)c(c9ccc(c%10c(Oc%11ccc(C(C)(C)CC(C)(C)C)cc%11)cc(c2c3%10)C1=O)c4c59)c86)-c1ccccc1C7=O. The van der Waals surface area contributed by atoms with Crippen molar-refractivity contribution in [2.75, 3.05) is 4.90 Å². The molecule has 13 aromatic carbocycles. The number of ether oxygens (including phenoxy) is 2. The fraction of sp³-hybridized carbons (Fsp3) is 0.256. The Morgan fingerprint density at radius 1 is 0.404 bits per heavy atom. The number of hydrogen-bond donors (Lipinski definition) is 1. The number of carboxylic acid groups (broad SMARTS) is 1. The highest BCUT2D eigenvalue weighted by Crippen LogP contribution is 2.57. The third kappa shape index (κ3) is 9.36. The number of carbonyl (C=O) groups excluding carboxylic acids is 3. The number of para-hydroxylation sites is 1. The topological polar surface area (TPSA) is 110 Å². The van der Waals surface area contributed by atoms with Gasteiger partial charge in [0.1, 0.15) is 23.0 Å². The van der Waals surface area contributed by atoms with Crippen LogP contribution in [0.2, 0.25) is 0 Å². The van der Waals surface area contributed by atoms with Crippen LogP contribution in [0.1, 0.15) is 191 Å². The minimum absolute atomic E-state index is 0.0252. The predicted octanol–water partition coefficient (Wildman–Crippen LogP) is 23.3. The summed E-state index contributed by atoms with van der Waals surface area (Å²) in [7, 11) is 0. The van der Waals surface area contributed by atoms with Crippen LogP contribution in [-0.4, -0.2) is 28.7 Å². The van der Waals surface area contributed by atoms with E-state index in [2.05, 4.69) is 158 Å². The van der Waals surface area contributed by atoms with Crippen LogP contribution in [0, 0.1) is 10.8 Å². The van der Waals surface area contributed by atoms with Crippen LogP contribution < -0.4 is 14.4 Å². The number of imide groups is 1. The predicted molar refractivity (Wildman–Crippen MR) is 386 cm³/mol. The van der Waals surface area contributed by atoms with Gasteiger partial charge in [-0.2, -0.15) is 0 Å². The van der Waals surface area contributed by atoms with Crippen molar-refractivity contribution < 1.29 is 33.8 Å². The summed E-state index contributed by atoms with van der Waals surface area (Å²) in [6, 6.07) is 56.4. The van der Waals surface area contributed by atoms with Gasteiger partial charge >= 0.3 is 5.97 Å². The molecule has 2 amide bonds. The molecule has 0 bridgehead atoms. The Morgan fingerprint density at radius 2 is 0.851 bits per heavy atom. The molecule has 0 fully saturated rings. The first-order valence-electron chi connectivity index (χ1n) is 33.1. The van der Waals surface area contributed by atoms with Crippen LogP contribution in [0.5, 0.6) is 23.0 Å². The molecule has 1 aliphatic carbocycles. The van der Waals surface area contributed by atoms with Crippen molar-refractivity contribution in [2.45, 2.75) is 132 Å². The smallest absolute Gasteiger partial charge is 0.335 e. The van der Waals surface area contributed by atoms with Crippen LogP contribution in [0.25, 0.3) is 97.7 Å². The summed E-state index contributed by atoms with van der Waals surface area (Å²) in [5, 5.41) is 22.0. The molecule has 468 valence electrons. The highest BCUT2D eigenvalue weighted by atomic mass is 16.5. The molecule has 1 N–H and O–H groups in total. The second kappa shape index (κ2) is 21.0. The van der Waals surface area contributed by atoms with E-state index in [-0.39, 0.29) is 44.8 Å². The van der Waals surface area contributed by atoms with Crippen LogP contribution in [-0.2, 0) is 10.8 Å². The van der Waals surface area contributed by atoms with Gasteiger partial charge in [0.05, 0.1) is 22.4 Å². The van der Waals surface area contributed by atoms with E-state index in [4.69, 9.17) is 9.47 Å². The first-order chi connectivity index (χ1) is 44.6. The summed E-state index contributed by atoms with van der Waals surface area (Å²) < 4.78 is 14.8. The first-order valence-corrected chi connectivity index (χ1v) is 33.1. The second-order valence-electron chi connectivity index (χ2n) is 31.0. The maximum atomic E-state index is 16.3. The Labute approximate surface area is 548 Å². The Bertz CT molecular complexity index is 5220. The molecule has 15 rings (SSSR count). The van der Waals surface area contributed by atoms with Gasteiger partial charge in [-0.15, -0.1) is 0 Å². The maximum Gasteiger partial charge on any atom is 0.335 e. The Balaban J connectivity index is 1.08. The zero-order valence-electron chi connectivity index (χ0n) is 56.1. The Kier molecular flexibility index (Phi) is 13.5. The Hall–Kier alpha value is -9.92. The monoisotopic (exact) mass is 1240 g/mol. The van der Waals surface area contributed by atoms with Gasteiger partial charge in [-0.05, 0) is 200 Å². The van der Waals surface area contributed by atoms with Crippen molar-refractivity contribution in [2.24, 2.45) is 10.8 Å². The summed E-state index contributed by atoms with van der Waals surface area (Å²) in [6.45, 7) is 31.2. The summed E-state index contributed by atoms with van der Waals surface area (Å²) in [4.78, 5) is 61.1. The average Bonchev–Trinajstić information content (AvgIpc) is 0.674. The van der Waals surface area contributed by atoms with Crippen molar-refractivity contribution in [3.05, 3.63) is 220 Å². The van der Waals surface area contributed by atoms with Crippen molar-refractivity contribution in [1.29, 1.82) is 0 Å². The van der Waals surface area contributed by atoms with E-state index in [1.807, 2.05) is 97.1 Å². The van der Waals surface area contributed by atoms with Crippen molar-refractivity contribution in [3.8, 4) is 45.3 Å². The standard InChI is InChI=1S/C86H77NO7/c1-45(2)53-20-17-21-54(46(3)4)78(53)87-80(89)65-41-67(93-51-30-26-49(27-31-51)85(11,12)43-83(5,6)7)74-60-36-34-56-57-35-39-62-72-64(55-18-15-16-19-58(55)79(62)88)40-63(47-22-24-48(25-23-47)82(91)92)71(76(57)72)59-37-38-61(70(60)69(56)59)75-68(42-66(81(87)90)73(65)77(74)75)94-52-32-28-50(29-33-52)86(13,14)44-84(8,9)10/h15-42,45-46H,43-44H2,1-14H3,(H,91,92). The highest BCUT2D eigenvalue weighted by molar-refractivity contribution is 6.48. The molecule has 0 saturated heterocycles. The average molecular weight is 1240 g/mol. The van der Waals surface area contributed by atoms with Gasteiger partial charge in [-0.1, -0.05) is 206 Å². The lowest BCUT2D eigenvalue weighted by molar-refractivity contribution is 0.0695. The molecule has 0 atom stereocenters. The first kappa shape index (κ1) is 60.3. The van der Waals surface area contributed by atoms with E-state index < -0.39 is 17.8 Å². The number of fused-ring (bicyclic) bond motifs is 6. The van der Waals surface area contributed by atoms with E-state index in [1.165, 1.54) is 16.0 Å². The maximum absolute atomic E-state index is 16.3. The Morgan fingerprint density at radius 3 is 1.34 bits per heavy atom. The van der Waals surface area contributed by atoms with Gasteiger partial charge in [0.25, 0.3) is 11.8 Å². The van der Waals surface area contributed by atoms with E-state index in [9.17, 15) is 14.7 Å². The number of benzene rings is 13. The number of ketones is 1. The lowest BCUT2D eigenvalue weighted by Crippen LogP contribution is -2.42. The molecular formula is C86H77NO7. The molecule has 1 heterocycles. The van der Waals surface area contributed by atoms with Gasteiger partial charge < -0.3 is 14.6 Å². The summed E-state index contributed by atoms with van der Waals surface area (Å²) in [5.41, 5.74) is 10.2. The van der Waals surface area contributed by atoms with Gasteiger partial charge in [-0.25, -0.2) is 9.69 Å². The number of rotatable bonds is 13.